The average Bonchev–Trinajstić information content (AvgIpc) is 2.38. The predicted molar refractivity (Wildman–Crippen MR) is 74.9 cm³/mol. The number of halogens is 4. The van der Waals surface area contributed by atoms with Gasteiger partial charge >= 0.3 is 6.18 Å². The summed E-state index contributed by atoms with van der Waals surface area (Å²) in [5, 5.41) is 2.74. The molecule has 1 rings (SSSR count). The third-order valence-electron chi connectivity index (χ3n) is 2.49. The molecule has 20 heavy (non-hydrogen) atoms. The molecule has 0 saturated carbocycles. The Labute approximate surface area is 124 Å². The minimum absolute atomic E-state index is 0.0567. The van der Waals surface area contributed by atoms with Gasteiger partial charge in [-0.1, -0.05) is 15.9 Å². The third-order valence-corrected chi connectivity index (χ3v) is 2.98. The van der Waals surface area contributed by atoms with Crippen LogP contribution in [0.15, 0.2) is 22.7 Å². The van der Waals surface area contributed by atoms with Crippen molar-refractivity contribution in [3.63, 3.8) is 0 Å². The van der Waals surface area contributed by atoms with Gasteiger partial charge in [0.1, 0.15) is 0 Å². The van der Waals surface area contributed by atoms with Crippen molar-refractivity contribution < 1.29 is 22.6 Å². The molecule has 0 spiro atoms. The van der Waals surface area contributed by atoms with Crippen molar-refractivity contribution in [1.82, 2.24) is 0 Å². The second kappa shape index (κ2) is 8.49. The van der Waals surface area contributed by atoms with Crippen molar-refractivity contribution in [2.24, 2.45) is 0 Å². The van der Waals surface area contributed by atoms with Crippen molar-refractivity contribution in [2.45, 2.75) is 12.6 Å². The van der Waals surface area contributed by atoms with E-state index in [-0.39, 0.29) is 5.69 Å². The van der Waals surface area contributed by atoms with Crippen molar-refractivity contribution in [1.29, 1.82) is 0 Å². The van der Waals surface area contributed by atoms with E-state index in [4.69, 9.17) is 9.47 Å². The van der Waals surface area contributed by atoms with Gasteiger partial charge in [-0.15, -0.1) is 0 Å². The summed E-state index contributed by atoms with van der Waals surface area (Å²) in [4.78, 5) is 0. The van der Waals surface area contributed by atoms with E-state index in [9.17, 15) is 13.2 Å². The first-order valence-electron chi connectivity index (χ1n) is 6.12. The number of methoxy groups -OCH3 is 1. The molecule has 1 aromatic carbocycles. The minimum Gasteiger partial charge on any atom is -0.385 e. The number of anilines is 1. The zero-order valence-corrected chi connectivity index (χ0v) is 12.7. The number of ether oxygens (including phenoxy) is 2. The monoisotopic (exact) mass is 355 g/mol. The number of nitrogens with one attached hydrogen (secondary N) is 1. The Kier molecular flexibility index (Phi) is 7.32. The Morgan fingerprint density at radius 2 is 1.95 bits per heavy atom. The van der Waals surface area contributed by atoms with E-state index in [0.717, 1.165) is 12.5 Å². The molecule has 0 aliphatic carbocycles. The fraction of sp³-hybridized carbons (Fsp3) is 0.538. The molecule has 7 heteroatoms. The lowest BCUT2D eigenvalue weighted by atomic mass is 10.1. The summed E-state index contributed by atoms with van der Waals surface area (Å²) in [6.45, 7) is 1.80. The van der Waals surface area contributed by atoms with Gasteiger partial charge in [0, 0.05) is 37.0 Å². The zero-order chi connectivity index (χ0) is 15.0. The fourth-order valence-corrected chi connectivity index (χ4v) is 1.93. The lowest BCUT2D eigenvalue weighted by Crippen LogP contribution is -2.15. The number of hydrogen-bond acceptors (Lipinski definition) is 3. The van der Waals surface area contributed by atoms with Crippen molar-refractivity contribution >= 4 is 21.6 Å². The Morgan fingerprint density at radius 3 is 2.60 bits per heavy atom. The third kappa shape index (κ3) is 6.11. The van der Waals surface area contributed by atoms with Gasteiger partial charge in [0.25, 0.3) is 0 Å². The molecular formula is C13H17BrF3NO2. The lowest BCUT2D eigenvalue weighted by Gasteiger charge is -2.15. The fourth-order valence-electron chi connectivity index (χ4n) is 1.57. The van der Waals surface area contributed by atoms with Crippen molar-refractivity contribution in [3.8, 4) is 0 Å². The van der Waals surface area contributed by atoms with E-state index in [1.165, 1.54) is 6.07 Å². The molecule has 1 N–H and O–H groups in total. The van der Waals surface area contributed by atoms with E-state index in [1.54, 1.807) is 13.2 Å². The highest BCUT2D eigenvalue weighted by molar-refractivity contribution is 9.10. The SMILES string of the molecule is COCCCOCCNc1ccc(Br)cc1C(F)(F)F. The molecule has 0 fully saturated rings. The van der Waals surface area contributed by atoms with Crippen LogP contribution >= 0.6 is 15.9 Å². The Hall–Kier alpha value is -0.790. The number of benzene rings is 1. The molecule has 0 aromatic heterocycles. The van der Waals surface area contributed by atoms with Crippen LogP contribution in [0.25, 0.3) is 0 Å². The molecule has 0 aliphatic rings. The highest BCUT2D eigenvalue weighted by Crippen LogP contribution is 2.36. The second-order valence-corrected chi connectivity index (χ2v) is 4.99. The molecule has 114 valence electrons. The van der Waals surface area contributed by atoms with Gasteiger partial charge in [-0.2, -0.15) is 13.2 Å². The number of rotatable bonds is 8. The molecule has 0 radical (unpaired) electrons. The summed E-state index contributed by atoms with van der Waals surface area (Å²) >= 11 is 3.04. The van der Waals surface area contributed by atoms with Crippen LogP contribution in [0.4, 0.5) is 18.9 Å². The summed E-state index contributed by atoms with van der Waals surface area (Å²) in [6, 6.07) is 4.02. The molecular weight excluding hydrogens is 339 g/mol. The summed E-state index contributed by atoms with van der Waals surface area (Å²) < 4.78 is 49.0. The topological polar surface area (TPSA) is 30.5 Å². The maximum absolute atomic E-state index is 12.8. The number of hydrogen-bond donors (Lipinski definition) is 1. The predicted octanol–water partition coefficient (Wildman–Crippen LogP) is 3.93. The van der Waals surface area contributed by atoms with Crippen LogP contribution in [-0.2, 0) is 15.7 Å². The number of alkyl halides is 3. The summed E-state index contributed by atoms with van der Waals surface area (Å²) in [6.07, 6.45) is -3.62. The normalized spacial score (nSPS) is 11.7. The first-order valence-corrected chi connectivity index (χ1v) is 6.91. The van der Waals surface area contributed by atoms with Gasteiger partial charge in [0.05, 0.1) is 12.2 Å². The molecule has 0 bridgehead atoms. The first-order chi connectivity index (χ1) is 9.45. The maximum Gasteiger partial charge on any atom is 0.418 e. The lowest BCUT2D eigenvalue weighted by molar-refractivity contribution is -0.137. The van der Waals surface area contributed by atoms with Crippen LogP contribution < -0.4 is 5.32 Å². The molecule has 0 heterocycles. The van der Waals surface area contributed by atoms with Gasteiger partial charge in [-0.05, 0) is 24.6 Å². The smallest absolute Gasteiger partial charge is 0.385 e. The van der Waals surface area contributed by atoms with Gasteiger partial charge in [-0.3, -0.25) is 0 Å². The largest absolute Gasteiger partial charge is 0.418 e. The molecule has 0 atom stereocenters. The van der Waals surface area contributed by atoms with E-state index >= 15 is 0 Å². The summed E-state index contributed by atoms with van der Waals surface area (Å²) in [5.74, 6) is 0. The van der Waals surface area contributed by atoms with E-state index in [0.29, 0.717) is 30.8 Å². The highest BCUT2D eigenvalue weighted by Gasteiger charge is 2.33. The first kappa shape index (κ1) is 17.3. The van der Waals surface area contributed by atoms with Crippen molar-refractivity contribution in [3.05, 3.63) is 28.2 Å². The highest BCUT2D eigenvalue weighted by atomic mass is 79.9. The van der Waals surface area contributed by atoms with Gasteiger partial charge in [-0.25, -0.2) is 0 Å². The second-order valence-electron chi connectivity index (χ2n) is 4.07. The summed E-state index contributed by atoms with van der Waals surface area (Å²) in [7, 11) is 1.60. The standard InChI is InChI=1S/C13H17BrF3NO2/c1-19-6-2-7-20-8-5-18-12-4-3-10(14)9-11(12)13(15,16)17/h3-4,9,18H,2,5-8H2,1H3. The van der Waals surface area contributed by atoms with Crippen LogP contribution in [0.1, 0.15) is 12.0 Å². The molecule has 0 aliphatic heterocycles. The maximum atomic E-state index is 12.8. The average molecular weight is 356 g/mol. The Bertz CT molecular complexity index is 413. The van der Waals surface area contributed by atoms with Crippen LogP contribution in [0.3, 0.4) is 0 Å². The molecule has 3 nitrogen and oxygen atoms in total. The molecule has 1 aromatic rings. The quantitative estimate of drug-likeness (QED) is 0.716. The van der Waals surface area contributed by atoms with Gasteiger partial charge in [0.15, 0.2) is 0 Å². The van der Waals surface area contributed by atoms with E-state index in [2.05, 4.69) is 21.2 Å². The Morgan fingerprint density at radius 1 is 1.20 bits per heavy atom. The molecule has 0 amide bonds. The van der Waals surface area contributed by atoms with Crippen LogP contribution in [0.2, 0.25) is 0 Å². The van der Waals surface area contributed by atoms with Crippen LogP contribution in [0.5, 0.6) is 0 Å². The van der Waals surface area contributed by atoms with E-state index in [1.807, 2.05) is 0 Å². The van der Waals surface area contributed by atoms with Gasteiger partial charge in [0.2, 0.25) is 0 Å². The van der Waals surface area contributed by atoms with Crippen molar-refractivity contribution in [2.75, 3.05) is 38.8 Å². The van der Waals surface area contributed by atoms with Crippen LogP contribution in [-0.4, -0.2) is 33.5 Å². The van der Waals surface area contributed by atoms with Gasteiger partial charge < -0.3 is 14.8 Å². The van der Waals surface area contributed by atoms with Crippen LogP contribution in [0, 0.1) is 0 Å². The van der Waals surface area contributed by atoms with E-state index < -0.39 is 11.7 Å². The minimum atomic E-state index is -4.38. The summed E-state index contributed by atoms with van der Waals surface area (Å²) in [5.41, 5.74) is -0.632. The Balaban J connectivity index is 2.44. The zero-order valence-electron chi connectivity index (χ0n) is 11.1. The molecule has 0 saturated heterocycles. The molecule has 0 unspecified atom stereocenters.